The van der Waals surface area contributed by atoms with Crippen molar-refractivity contribution in [3.8, 4) is 11.5 Å². The molecule has 7 heteroatoms. The zero-order valence-corrected chi connectivity index (χ0v) is 17.4. The van der Waals surface area contributed by atoms with Crippen LogP contribution in [0.4, 0.5) is 4.39 Å². The summed E-state index contributed by atoms with van der Waals surface area (Å²) < 4.78 is 24.4. The lowest BCUT2D eigenvalue weighted by atomic mass is 10.1. The molecular weight excluding hydrogens is 373 g/mol. The molecule has 0 fully saturated rings. The normalized spacial score (nSPS) is 12.6. The molecule has 2 rings (SSSR count). The predicted molar refractivity (Wildman–Crippen MR) is 113 cm³/mol. The van der Waals surface area contributed by atoms with E-state index in [4.69, 9.17) is 9.47 Å². The summed E-state index contributed by atoms with van der Waals surface area (Å²) >= 11 is 0. The highest BCUT2D eigenvalue weighted by Gasteiger charge is 2.10. The van der Waals surface area contributed by atoms with E-state index in [9.17, 15) is 9.50 Å². The van der Waals surface area contributed by atoms with Gasteiger partial charge in [-0.25, -0.2) is 9.38 Å². The molecule has 0 spiro atoms. The van der Waals surface area contributed by atoms with E-state index in [1.54, 1.807) is 12.1 Å². The highest BCUT2D eigenvalue weighted by molar-refractivity contribution is 5.79. The van der Waals surface area contributed by atoms with Crippen molar-refractivity contribution in [1.29, 1.82) is 0 Å². The minimum Gasteiger partial charge on any atom is -0.494 e. The summed E-state index contributed by atoms with van der Waals surface area (Å²) in [4.78, 5) is 4.45. The third-order valence-corrected chi connectivity index (χ3v) is 4.06. The van der Waals surface area contributed by atoms with Gasteiger partial charge < -0.3 is 25.2 Å². The average molecular weight is 403 g/mol. The average Bonchev–Trinajstić information content (AvgIpc) is 2.69. The Balaban J connectivity index is 1.99. The van der Waals surface area contributed by atoms with Gasteiger partial charge in [0.2, 0.25) is 0 Å². The van der Waals surface area contributed by atoms with Crippen LogP contribution in [-0.2, 0) is 6.54 Å². The number of rotatable bonds is 9. The van der Waals surface area contributed by atoms with Gasteiger partial charge >= 0.3 is 0 Å². The van der Waals surface area contributed by atoms with E-state index in [0.717, 1.165) is 16.9 Å². The van der Waals surface area contributed by atoms with Crippen LogP contribution in [0.3, 0.4) is 0 Å². The van der Waals surface area contributed by atoms with E-state index in [-0.39, 0.29) is 18.4 Å². The summed E-state index contributed by atoms with van der Waals surface area (Å²) in [5, 5.41) is 16.7. The second-order valence-electron chi connectivity index (χ2n) is 6.80. The third kappa shape index (κ3) is 7.27. The molecule has 0 aliphatic heterocycles. The van der Waals surface area contributed by atoms with Crippen LogP contribution in [0.15, 0.2) is 47.5 Å². The molecule has 1 unspecified atom stereocenters. The van der Waals surface area contributed by atoms with Crippen molar-refractivity contribution in [3.63, 3.8) is 0 Å². The van der Waals surface area contributed by atoms with Crippen molar-refractivity contribution in [3.05, 3.63) is 59.4 Å². The zero-order valence-electron chi connectivity index (χ0n) is 17.4. The van der Waals surface area contributed by atoms with Gasteiger partial charge in [0.25, 0.3) is 0 Å². The Hall–Kier alpha value is -2.80. The molecule has 0 saturated carbocycles. The van der Waals surface area contributed by atoms with Gasteiger partial charge in [0, 0.05) is 13.1 Å². The molecule has 1 atom stereocenters. The maximum absolute atomic E-state index is 13.8. The number of hydrogen-bond acceptors (Lipinski definition) is 4. The fraction of sp³-hybridized carbons (Fsp3) is 0.409. The number of aliphatic hydroxyl groups excluding tert-OH is 1. The zero-order chi connectivity index (χ0) is 21.2. The molecule has 0 aromatic heterocycles. The Morgan fingerprint density at radius 2 is 1.97 bits per heavy atom. The Kier molecular flexibility index (Phi) is 8.73. The van der Waals surface area contributed by atoms with Gasteiger partial charge in [-0.3, -0.25) is 0 Å². The van der Waals surface area contributed by atoms with E-state index in [1.165, 1.54) is 13.2 Å². The fourth-order valence-corrected chi connectivity index (χ4v) is 2.70. The van der Waals surface area contributed by atoms with E-state index < -0.39 is 11.9 Å². The summed E-state index contributed by atoms with van der Waals surface area (Å²) in [5.74, 6) is 1.04. The van der Waals surface area contributed by atoms with Crippen LogP contribution >= 0.6 is 0 Å². The number of guanidine groups is 1. The number of aliphatic imine (C=N–C) groups is 1. The first kappa shape index (κ1) is 22.5. The second-order valence-corrected chi connectivity index (χ2v) is 6.80. The molecule has 0 bridgehead atoms. The highest BCUT2D eigenvalue weighted by Crippen LogP contribution is 2.20. The number of methoxy groups -OCH3 is 1. The minimum absolute atomic E-state index is 0.0656. The first-order valence-corrected chi connectivity index (χ1v) is 9.72. The van der Waals surface area contributed by atoms with Gasteiger partial charge in [-0.05, 0) is 56.2 Å². The molecule has 29 heavy (non-hydrogen) atoms. The van der Waals surface area contributed by atoms with Crippen LogP contribution in [0.2, 0.25) is 0 Å². The number of nitrogens with one attached hydrogen (secondary N) is 2. The van der Waals surface area contributed by atoms with E-state index >= 15 is 0 Å². The summed E-state index contributed by atoms with van der Waals surface area (Å²) in [6, 6.07) is 12.2. The molecule has 0 heterocycles. The first-order chi connectivity index (χ1) is 13.9. The number of hydrogen-bond donors (Lipinski definition) is 3. The van der Waals surface area contributed by atoms with Gasteiger partial charge in [0.1, 0.15) is 5.75 Å². The van der Waals surface area contributed by atoms with Crippen molar-refractivity contribution in [2.24, 2.45) is 4.99 Å². The Morgan fingerprint density at radius 1 is 1.17 bits per heavy atom. The van der Waals surface area contributed by atoms with Crippen molar-refractivity contribution >= 4 is 5.96 Å². The first-order valence-electron chi connectivity index (χ1n) is 9.72. The Bertz CT molecular complexity index is 812. The molecule has 2 aromatic rings. The van der Waals surface area contributed by atoms with Gasteiger partial charge in [-0.15, -0.1) is 0 Å². The third-order valence-electron chi connectivity index (χ3n) is 4.06. The lowest BCUT2D eigenvalue weighted by Crippen LogP contribution is -2.39. The van der Waals surface area contributed by atoms with Crippen molar-refractivity contribution < 1.29 is 19.0 Å². The molecule has 0 saturated heterocycles. The highest BCUT2D eigenvalue weighted by atomic mass is 19.1. The van der Waals surface area contributed by atoms with Gasteiger partial charge in [0.05, 0.1) is 25.9 Å². The standard InChI is InChI=1S/C22H30FN3O3/c1-5-24-22(25-13-16-9-10-21(28-4)19(23)11-16)26-14-20(27)17-7-6-8-18(12-17)29-15(2)3/h6-12,15,20,27H,5,13-14H2,1-4H3,(H2,24,25,26). The minimum atomic E-state index is -0.729. The molecule has 0 aliphatic rings. The Labute approximate surface area is 171 Å². The molecule has 0 amide bonds. The lowest BCUT2D eigenvalue weighted by Gasteiger charge is -2.17. The lowest BCUT2D eigenvalue weighted by molar-refractivity contribution is 0.179. The summed E-state index contributed by atoms with van der Waals surface area (Å²) in [5.41, 5.74) is 1.48. The molecule has 3 N–H and O–H groups in total. The molecule has 6 nitrogen and oxygen atoms in total. The van der Waals surface area contributed by atoms with Crippen LogP contribution in [0, 0.1) is 5.82 Å². The van der Waals surface area contributed by atoms with E-state index in [2.05, 4.69) is 15.6 Å². The summed E-state index contributed by atoms with van der Waals surface area (Å²) in [7, 11) is 1.43. The quantitative estimate of drug-likeness (QED) is 0.442. The van der Waals surface area contributed by atoms with Crippen LogP contribution in [0.1, 0.15) is 38.0 Å². The molecule has 158 valence electrons. The molecule has 2 aromatic carbocycles. The largest absolute Gasteiger partial charge is 0.494 e. The Morgan fingerprint density at radius 3 is 2.62 bits per heavy atom. The van der Waals surface area contributed by atoms with Crippen molar-refractivity contribution in [2.45, 2.75) is 39.5 Å². The molecule has 0 radical (unpaired) electrons. The van der Waals surface area contributed by atoms with Crippen molar-refractivity contribution in [2.75, 3.05) is 20.2 Å². The van der Waals surface area contributed by atoms with E-state index in [1.807, 2.05) is 45.0 Å². The van der Waals surface area contributed by atoms with Crippen LogP contribution in [-0.4, -0.2) is 37.4 Å². The number of ether oxygens (including phenoxy) is 2. The van der Waals surface area contributed by atoms with Crippen LogP contribution in [0.25, 0.3) is 0 Å². The van der Waals surface area contributed by atoms with Gasteiger partial charge in [-0.2, -0.15) is 0 Å². The molecule has 0 aliphatic carbocycles. The number of halogens is 1. The van der Waals surface area contributed by atoms with Crippen LogP contribution < -0.4 is 20.1 Å². The maximum atomic E-state index is 13.8. The predicted octanol–water partition coefficient (Wildman–Crippen LogP) is 3.41. The SMILES string of the molecule is CCNC(=NCc1ccc(OC)c(F)c1)NCC(O)c1cccc(OC(C)C)c1. The van der Waals surface area contributed by atoms with E-state index in [0.29, 0.717) is 19.0 Å². The summed E-state index contributed by atoms with van der Waals surface area (Å²) in [6.45, 7) is 7.10. The van der Waals surface area contributed by atoms with Gasteiger partial charge in [0.15, 0.2) is 17.5 Å². The van der Waals surface area contributed by atoms with Crippen LogP contribution in [0.5, 0.6) is 11.5 Å². The number of benzene rings is 2. The molecular formula is C22H30FN3O3. The fourth-order valence-electron chi connectivity index (χ4n) is 2.70. The number of nitrogens with zero attached hydrogens (tertiary/aromatic N) is 1. The second kappa shape index (κ2) is 11.3. The topological polar surface area (TPSA) is 75.1 Å². The monoisotopic (exact) mass is 403 g/mol. The number of aliphatic hydroxyl groups is 1. The maximum Gasteiger partial charge on any atom is 0.191 e. The smallest absolute Gasteiger partial charge is 0.191 e. The van der Waals surface area contributed by atoms with Gasteiger partial charge in [-0.1, -0.05) is 18.2 Å². The summed E-state index contributed by atoms with van der Waals surface area (Å²) in [6.07, 6.45) is -0.663. The van der Waals surface area contributed by atoms with Crippen molar-refractivity contribution in [1.82, 2.24) is 10.6 Å².